The normalized spacial score (nSPS) is 24.0. The Morgan fingerprint density at radius 3 is 2.83 bits per heavy atom. The highest BCUT2D eigenvalue weighted by atomic mass is 16.5. The summed E-state index contributed by atoms with van der Waals surface area (Å²) in [4.78, 5) is 22.6. The minimum absolute atomic E-state index is 0.0653. The van der Waals surface area contributed by atoms with E-state index in [1.165, 1.54) is 17.5 Å². The molecule has 1 saturated carbocycles. The second-order valence-electron chi connectivity index (χ2n) is 6.38. The zero-order valence-electron chi connectivity index (χ0n) is 13.5. The monoisotopic (exact) mass is 328 g/mol. The largest absolute Gasteiger partial charge is 0.371 e. The van der Waals surface area contributed by atoms with Crippen molar-refractivity contribution in [1.29, 1.82) is 0 Å². The number of morpholine rings is 1. The number of hydrogen-bond acceptors (Lipinski definition) is 5. The van der Waals surface area contributed by atoms with Gasteiger partial charge in [0.05, 0.1) is 30.3 Å². The minimum atomic E-state index is -0.121. The molecular formula is C16H20N6O2. The van der Waals surface area contributed by atoms with Crippen molar-refractivity contribution in [3.05, 3.63) is 30.9 Å². The summed E-state index contributed by atoms with van der Waals surface area (Å²) < 4.78 is 7.48. The van der Waals surface area contributed by atoms with Crippen LogP contribution in [-0.4, -0.2) is 56.0 Å². The van der Waals surface area contributed by atoms with Crippen LogP contribution in [0.15, 0.2) is 30.9 Å². The van der Waals surface area contributed by atoms with Gasteiger partial charge in [-0.3, -0.25) is 0 Å². The molecule has 3 heterocycles. The molecule has 1 saturated heterocycles. The van der Waals surface area contributed by atoms with Crippen LogP contribution in [0, 0.1) is 5.92 Å². The summed E-state index contributed by atoms with van der Waals surface area (Å²) in [5.74, 6) is 1.08. The van der Waals surface area contributed by atoms with Crippen molar-refractivity contribution >= 4 is 11.7 Å². The molecule has 0 radical (unpaired) electrons. The molecule has 24 heavy (non-hydrogen) atoms. The number of aromatic nitrogens is 4. The molecule has 0 aromatic carbocycles. The third-order valence-electron chi connectivity index (χ3n) is 4.31. The molecule has 2 fully saturated rings. The van der Waals surface area contributed by atoms with Crippen LogP contribution in [0.1, 0.15) is 19.8 Å². The van der Waals surface area contributed by atoms with Crippen molar-refractivity contribution in [2.24, 2.45) is 5.92 Å². The lowest BCUT2D eigenvalue weighted by Gasteiger charge is -2.36. The zero-order valence-corrected chi connectivity index (χ0v) is 13.5. The van der Waals surface area contributed by atoms with Crippen LogP contribution in [0.25, 0.3) is 5.95 Å². The smallest absolute Gasteiger partial charge is 0.322 e. The van der Waals surface area contributed by atoms with E-state index in [1.807, 2.05) is 11.8 Å². The molecule has 4 rings (SSSR count). The van der Waals surface area contributed by atoms with Crippen LogP contribution in [0.5, 0.6) is 0 Å². The topological polar surface area (TPSA) is 85.2 Å². The van der Waals surface area contributed by atoms with E-state index < -0.39 is 0 Å². The molecule has 126 valence electrons. The molecule has 2 unspecified atom stereocenters. The van der Waals surface area contributed by atoms with Crippen molar-refractivity contribution in [1.82, 2.24) is 24.6 Å². The van der Waals surface area contributed by atoms with E-state index >= 15 is 0 Å². The Hall–Kier alpha value is -2.48. The predicted octanol–water partition coefficient (Wildman–Crippen LogP) is 1.69. The molecule has 0 bridgehead atoms. The van der Waals surface area contributed by atoms with Gasteiger partial charge in [-0.2, -0.15) is 5.10 Å². The molecule has 8 nitrogen and oxygen atoms in total. The number of urea groups is 1. The molecule has 2 amide bonds. The molecule has 2 aliphatic rings. The van der Waals surface area contributed by atoms with Crippen molar-refractivity contribution in [2.75, 3.05) is 18.4 Å². The number of carbonyl (C=O) groups excluding carboxylic acids is 1. The van der Waals surface area contributed by atoms with Crippen LogP contribution >= 0.6 is 0 Å². The summed E-state index contributed by atoms with van der Waals surface area (Å²) in [5.41, 5.74) is 0.620. The van der Waals surface area contributed by atoms with Gasteiger partial charge in [-0.05, 0) is 31.7 Å². The Balaban J connectivity index is 1.41. The van der Waals surface area contributed by atoms with Crippen molar-refractivity contribution in [2.45, 2.75) is 32.0 Å². The van der Waals surface area contributed by atoms with E-state index in [0.717, 1.165) is 0 Å². The second-order valence-corrected chi connectivity index (χ2v) is 6.38. The zero-order chi connectivity index (χ0) is 16.5. The standard InChI is InChI=1S/C16H20N6O2/c1-11-8-21(10-14(24-11)12-3-4-12)16(23)20-13-7-19-22(9-13)15-17-5-2-6-18-15/h2,5-7,9,11-12,14H,3-4,8,10H2,1H3,(H,20,23). The first-order valence-corrected chi connectivity index (χ1v) is 8.22. The van der Waals surface area contributed by atoms with Crippen molar-refractivity contribution in [3.63, 3.8) is 0 Å². The molecule has 1 aliphatic carbocycles. The molecule has 8 heteroatoms. The highest BCUT2D eigenvalue weighted by Crippen LogP contribution is 2.36. The van der Waals surface area contributed by atoms with Gasteiger partial charge in [0.25, 0.3) is 0 Å². The highest BCUT2D eigenvalue weighted by molar-refractivity contribution is 5.89. The van der Waals surface area contributed by atoms with Gasteiger partial charge in [0.1, 0.15) is 0 Å². The second kappa shape index (κ2) is 6.20. The van der Waals surface area contributed by atoms with Gasteiger partial charge in [-0.1, -0.05) is 0 Å². The van der Waals surface area contributed by atoms with Crippen LogP contribution in [0.2, 0.25) is 0 Å². The van der Waals surface area contributed by atoms with Gasteiger partial charge in [-0.15, -0.1) is 0 Å². The molecule has 2 atom stereocenters. The summed E-state index contributed by atoms with van der Waals surface area (Å²) in [6.45, 7) is 3.27. The van der Waals surface area contributed by atoms with Gasteiger partial charge in [0.15, 0.2) is 0 Å². The summed E-state index contributed by atoms with van der Waals surface area (Å²) >= 11 is 0. The van der Waals surface area contributed by atoms with Crippen molar-refractivity contribution < 1.29 is 9.53 Å². The number of amides is 2. The predicted molar refractivity (Wildman–Crippen MR) is 86.8 cm³/mol. The minimum Gasteiger partial charge on any atom is -0.371 e. The Morgan fingerprint density at radius 2 is 2.08 bits per heavy atom. The van der Waals surface area contributed by atoms with Gasteiger partial charge in [0, 0.05) is 25.5 Å². The summed E-state index contributed by atoms with van der Waals surface area (Å²) in [5, 5.41) is 7.08. The first-order valence-electron chi connectivity index (χ1n) is 8.22. The molecular weight excluding hydrogens is 308 g/mol. The van der Waals surface area contributed by atoms with Gasteiger partial charge in [0.2, 0.25) is 5.95 Å². The summed E-state index contributed by atoms with van der Waals surface area (Å²) in [7, 11) is 0. The quantitative estimate of drug-likeness (QED) is 0.927. The Labute approximate surface area is 139 Å². The third kappa shape index (κ3) is 3.23. The molecule has 1 aliphatic heterocycles. The molecule has 1 N–H and O–H groups in total. The highest BCUT2D eigenvalue weighted by Gasteiger charge is 2.38. The Bertz CT molecular complexity index is 714. The lowest BCUT2D eigenvalue weighted by Crippen LogP contribution is -2.51. The lowest BCUT2D eigenvalue weighted by molar-refractivity contribution is -0.0717. The van der Waals surface area contributed by atoms with E-state index in [0.29, 0.717) is 30.6 Å². The number of carbonyl (C=O) groups is 1. The number of hydrogen-bond donors (Lipinski definition) is 1. The Morgan fingerprint density at radius 1 is 1.29 bits per heavy atom. The van der Waals surface area contributed by atoms with E-state index in [-0.39, 0.29) is 18.2 Å². The number of rotatable bonds is 3. The van der Waals surface area contributed by atoms with E-state index in [4.69, 9.17) is 4.74 Å². The number of ether oxygens (including phenoxy) is 1. The number of nitrogens with one attached hydrogen (secondary N) is 1. The van der Waals surface area contributed by atoms with Crippen LogP contribution in [-0.2, 0) is 4.74 Å². The molecule has 2 aromatic rings. The van der Waals surface area contributed by atoms with Gasteiger partial charge < -0.3 is 15.0 Å². The maximum absolute atomic E-state index is 12.5. The average molecular weight is 328 g/mol. The van der Waals surface area contributed by atoms with Crippen LogP contribution < -0.4 is 5.32 Å². The average Bonchev–Trinajstić information content (AvgIpc) is 3.35. The Kier molecular flexibility index (Phi) is 3.89. The van der Waals surface area contributed by atoms with Crippen LogP contribution in [0.3, 0.4) is 0 Å². The van der Waals surface area contributed by atoms with E-state index in [1.54, 1.807) is 30.9 Å². The fourth-order valence-corrected chi connectivity index (χ4v) is 2.99. The maximum Gasteiger partial charge on any atom is 0.322 e. The third-order valence-corrected chi connectivity index (χ3v) is 4.31. The first-order chi connectivity index (χ1) is 11.7. The molecule has 2 aromatic heterocycles. The lowest BCUT2D eigenvalue weighted by atomic mass is 10.1. The number of nitrogens with zero attached hydrogens (tertiary/aromatic N) is 5. The summed E-state index contributed by atoms with van der Waals surface area (Å²) in [6.07, 6.45) is 9.24. The van der Waals surface area contributed by atoms with Crippen LogP contribution in [0.4, 0.5) is 10.5 Å². The van der Waals surface area contributed by atoms with Crippen molar-refractivity contribution in [3.8, 4) is 5.95 Å². The van der Waals surface area contributed by atoms with Gasteiger partial charge >= 0.3 is 6.03 Å². The summed E-state index contributed by atoms with van der Waals surface area (Å²) in [6, 6.07) is 1.62. The maximum atomic E-state index is 12.5. The van der Waals surface area contributed by atoms with E-state index in [9.17, 15) is 4.79 Å². The molecule has 0 spiro atoms. The first kappa shape index (κ1) is 15.1. The fourth-order valence-electron chi connectivity index (χ4n) is 2.99. The number of anilines is 1. The SMILES string of the molecule is CC1CN(C(=O)Nc2cnn(-c3ncccn3)c2)CC(C2CC2)O1. The fraction of sp³-hybridized carbons (Fsp3) is 0.500. The van der Waals surface area contributed by atoms with E-state index in [2.05, 4.69) is 20.4 Å². The van der Waals surface area contributed by atoms with Gasteiger partial charge in [-0.25, -0.2) is 19.4 Å².